The average Bonchev–Trinajstić information content (AvgIpc) is 2.37. The van der Waals surface area contributed by atoms with Gasteiger partial charge in [0.25, 0.3) is 0 Å². The van der Waals surface area contributed by atoms with Crippen LogP contribution in [0.25, 0.3) is 0 Å². The van der Waals surface area contributed by atoms with Crippen molar-refractivity contribution < 1.29 is 4.74 Å². The van der Waals surface area contributed by atoms with Crippen LogP contribution in [0.4, 0.5) is 0 Å². The number of hydrogen-bond donors (Lipinski definition) is 0. The van der Waals surface area contributed by atoms with E-state index in [1.54, 1.807) is 0 Å². The van der Waals surface area contributed by atoms with Crippen molar-refractivity contribution in [2.75, 3.05) is 0 Å². The summed E-state index contributed by atoms with van der Waals surface area (Å²) in [5, 5.41) is 0. The normalized spacial score (nSPS) is 11.3. The lowest BCUT2D eigenvalue weighted by atomic mass is 9.82. The van der Waals surface area contributed by atoms with Crippen molar-refractivity contribution in [1.82, 2.24) is 0 Å². The predicted octanol–water partition coefficient (Wildman–Crippen LogP) is 2.82. The highest BCUT2D eigenvalue weighted by molar-refractivity contribution is 6.34. The van der Waals surface area contributed by atoms with Crippen LogP contribution in [0.3, 0.4) is 0 Å². The standard InChI is InChI=1S/C17H21BO/c1-17(2,3)14-9-10-16(15(18)11-14)19-12-13-7-5-4-6-8-13/h4-11H,12,18H2,1-3H3. The molecule has 0 fully saturated rings. The second-order valence-electron chi connectivity index (χ2n) is 6.00. The Morgan fingerprint density at radius 1 is 1.00 bits per heavy atom. The van der Waals surface area contributed by atoms with Crippen LogP contribution >= 0.6 is 0 Å². The third-order valence-electron chi connectivity index (χ3n) is 3.28. The molecule has 0 spiro atoms. The lowest BCUT2D eigenvalue weighted by Crippen LogP contribution is -2.17. The molecular formula is C17H21BO. The van der Waals surface area contributed by atoms with Gasteiger partial charge in [0.1, 0.15) is 20.2 Å². The fourth-order valence-electron chi connectivity index (χ4n) is 2.01. The van der Waals surface area contributed by atoms with E-state index in [1.165, 1.54) is 16.6 Å². The van der Waals surface area contributed by atoms with E-state index in [-0.39, 0.29) is 5.41 Å². The zero-order valence-electron chi connectivity index (χ0n) is 12.2. The number of hydrogen-bond acceptors (Lipinski definition) is 1. The highest BCUT2D eigenvalue weighted by Gasteiger charge is 2.14. The Morgan fingerprint density at radius 3 is 2.26 bits per heavy atom. The summed E-state index contributed by atoms with van der Waals surface area (Å²) in [4.78, 5) is 0. The molecule has 0 unspecified atom stereocenters. The van der Waals surface area contributed by atoms with Gasteiger partial charge in [-0.2, -0.15) is 0 Å². The van der Waals surface area contributed by atoms with E-state index in [0.29, 0.717) is 6.61 Å². The van der Waals surface area contributed by atoms with Gasteiger partial charge in [-0.1, -0.05) is 63.2 Å². The molecule has 2 aromatic rings. The second-order valence-corrected chi connectivity index (χ2v) is 6.00. The Labute approximate surface area is 117 Å². The van der Waals surface area contributed by atoms with Gasteiger partial charge in [-0.05, 0) is 28.1 Å². The molecule has 0 atom stereocenters. The quantitative estimate of drug-likeness (QED) is 0.763. The largest absolute Gasteiger partial charge is 0.490 e. The Hall–Kier alpha value is -1.70. The van der Waals surface area contributed by atoms with Crippen molar-refractivity contribution in [2.45, 2.75) is 32.8 Å². The molecule has 2 aromatic carbocycles. The summed E-state index contributed by atoms with van der Waals surface area (Å²) in [6.07, 6.45) is 0. The first-order chi connectivity index (χ1) is 8.97. The maximum Gasteiger partial charge on any atom is 0.144 e. The van der Waals surface area contributed by atoms with E-state index < -0.39 is 0 Å². The molecule has 0 amide bonds. The van der Waals surface area contributed by atoms with Crippen LogP contribution in [0, 0.1) is 0 Å². The van der Waals surface area contributed by atoms with Gasteiger partial charge in [-0.3, -0.25) is 0 Å². The molecule has 0 aromatic heterocycles. The van der Waals surface area contributed by atoms with Crippen molar-refractivity contribution in [2.24, 2.45) is 0 Å². The highest BCUT2D eigenvalue weighted by atomic mass is 16.5. The smallest absolute Gasteiger partial charge is 0.144 e. The summed E-state index contributed by atoms with van der Waals surface area (Å²) in [7, 11) is 2.11. The van der Waals surface area contributed by atoms with Gasteiger partial charge in [0, 0.05) is 0 Å². The van der Waals surface area contributed by atoms with E-state index in [4.69, 9.17) is 4.74 Å². The minimum absolute atomic E-state index is 0.183. The van der Waals surface area contributed by atoms with Crippen LogP contribution in [0.1, 0.15) is 31.9 Å². The first kappa shape index (κ1) is 13.7. The topological polar surface area (TPSA) is 9.23 Å². The summed E-state index contributed by atoms with van der Waals surface area (Å²) in [6, 6.07) is 16.7. The van der Waals surface area contributed by atoms with Crippen LogP contribution < -0.4 is 10.2 Å². The molecule has 0 saturated heterocycles. The van der Waals surface area contributed by atoms with Crippen LogP contribution in [0.2, 0.25) is 0 Å². The van der Waals surface area contributed by atoms with Gasteiger partial charge in [0.15, 0.2) is 0 Å². The van der Waals surface area contributed by atoms with E-state index >= 15 is 0 Å². The molecule has 0 aliphatic rings. The van der Waals surface area contributed by atoms with Crippen LogP contribution in [-0.4, -0.2) is 7.85 Å². The molecule has 1 nitrogen and oxygen atoms in total. The molecule has 0 N–H and O–H groups in total. The van der Waals surface area contributed by atoms with Crippen LogP contribution in [0.15, 0.2) is 48.5 Å². The Morgan fingerprint density at radius 2 is 1.68 bits per heavy atom. The summed E-state index contributed by atoms with van der Waals surface area (Å²) in [5.41, 5.74) is 3.92. The average molecular weight is 252 g/mol. The second kappa shape index (κ2) is 5.52. The van der Waals surface area contributed by atoms with E-state index in [0.717, 1.165) is 5.75 Å². The van der Waals surface area contributed by atoms with Crippen molar-refractivity contribution in [3.63, 3.8) is 0 Å². The molecule has 2 heteroatoms. The molecule has 98 valence electrons. The van der Waals surface area contributed by atoms with Gasteiger partial charge in [-0.15, -0.1) is 0 Å². The molecule has 0 radical (unpaired) electrons. The first-order valence-corrected chi connectivity index (χ1v) is 6.75. The van der Waals surface area contributed by atoms with Gasteiger partial charge in [0.2, 0.25) is 0 Å². The summed E-state index contributed by atoms with van der Waals surface area (Å²) in [5.74, 6) is 0.969. The number of benzene rings is 2. The van der Waals surface area contributed by atoms with Crippen molar-refractivity contribution >= 4 is 13.3 Å². The van der Waals surface area contributed by atoms with Gasteiger partial charge in [0.05, 0.1) is 0 Å². The zero-order chi connectivity index (χ0) is 13.9. The summed E-state index contributed by atoms with van der Waals surface area (Å²) in [6.45, 7) is 7.31. The highest BCUT2D eigenvalue weighted by Crippen LogP contribution is 2.23. The fourth-order valence-corrected chi connectivity index (χ4v) is 2.01. The number of ether oxygens (including phenoxy) is 1. The maximum absolute atomic E-state index is 5.89. The number of rotatable bonds is 3. The molecule has 0 heterocycles. The lowest BCUT2D eigenvalue weighted by molar-refractivity contribution is 0.308. The molecule has 0 aliphatic heterocycles. The van der Waals surface area contributed by atoms with Crippen molar-refractivity contribution in [3.8, 4) is 5.75 Å². The minimum Gasteiger partial charge on any atom is -0.490 e. The monoisotopic (exact) mass is 252 g/mol. The molecule has 0 bridgehead atoms. The van der Waals surface area contributed by atoms with Gasteiger partial charge >= 0.3 is 0 Å². The van der Waals surface area contributed by atoms with Gasteiger partial charge in [-0.25, -0.2) is 0 Å². The SMILES string of the molecule is Bc1cc(C(C)(C)C)ccc1OCc1ccccc1. The third-order valence-corrected chi connectivity index (χ3v) is 3.28. The minimum atomic E-state index is 0.183. The van der Waals surface area contributed by atoms with E-state index in [1.807, 2.05) is 18.2 Å². The Kier molecular flexibility index (Phi) is 3.99. The molecule has 19 heavy (non-hydrogen) atoms. The molecular weight excluding hydrogens is 231 g/mol. The van der Waals surface area contributed by atoms with E-state index in [2.05, 4.69) is 58.9 Å². The van der Waals surface area contributed by atoms with Gasteiger partial charge < -0.3 is 4.74 Å². The zero-order valence-corrected chi connectivity index (χ0v) is 12.2. The predicted molar refractivity (Wildman–Crippen MR) is 84.1 cm³/mol. The first-order valence-electron chi connectivity index (χ1n) is 6.75. The Bertz CT molecular complexity index is 541. The van der Waals surface area contributed by atoms with Crippen LogP contribution in [0.5, 0.6) is 5.75 Å². The third kappa shape index (κ3) is 3.63. The Balaban J connectivity index is 2.10. The maximum atomic E-state index is 5.89. The summed E-state index contributed by atoms with van der Waals surface area (Å²) < 4.78 is 5.89. The van der Waals surface area contributed by atoms with E-state index in [9.17, 15) is 0 Å². The lowest BCUT2D eigenvalue weighted by Gasteiger charge is -2.20. The van der Waals surface area contributed by atoms with Crippen molar-refractivity contribution in [3.05, 3.63) is 59.7 Å². The molecule has 0 aliphatic carbocycles. The fraction of sp³-hybridized carbons (Fsp3) is 0.294. The molecule has 2 rings (SSSR count). The molecule has 0 saturated carbocycles. The van der Waals surface area contributed by atoms with Crippen molar-refractivity contribution in [1.29, 1.82) is 0 Å². The summed E-state index contributed by atoms with van der Waals surface area (Å²) >= 11 is 0. The van der Waals surface area contributed by atoms with Crippen LogP contribution in [-0.2, 0) is 12.0 Å².